The third-order valence-corrected chi connectivity index (χ3v) is 8.03. The van der Waals surface area contributed by atoms with Gasteiger partial charge in [-0.05, 0) is 6.92 Å². The predicted octanol–water partition coefficient (Wildman–Crippen LogP) is -0.955. The summed E-state index contributed by atoms with van der Waals surface area (Å²) in [6.45, 7) is 0.628. The number of rotatable bonds is 9. The fourth-order valence-electron chi connectivity index (χ4n) is 3.03. The Balaban J connectivity index is 1.76. The fourth-order valence-corrected chi connectivity index (χ4v) is 6.06. The summed E-state index contributed by atoms with van der Waals surface area (Å²) in [5.74, 6) is 0.269. The summed E-state index contributed by atoms with van der Waals surface area (Å²) >= 11 is 0. The molecular formula is C12H19N4O14P3. The van der Waals surface area contributed by atoms with Crippen LogP contribution in [0.5, 0.6) is 0 Å². The summed E-state index contributed by atoms with van der Waals surface area (Å²) in [4.78, 5) is 58.5. The molecule has 0 aliphatic carbocycles. The highest BCUT2D eigenvalue weighted by Crippen LogP contribution is 2.66. The van der Waals surface area contributed by atoms with Crippen LogP contribution in [0.25, 0.3) is 11.2 Å². The first-order chi connectivity index (χ1) is 15.1. The molecule has 186 valence electrons. The van der Waals surface area contributed by atoms with Crippen molar-refractivity contribution < 1.29 is 61.0 Å². The molecule has 18 nitrogen and oxygen atoms in total. The van der Waals surface area contributed by atoms with E-state index < -0.39 is 60.2 Å². The van der Waals surface area contributed by atoms with Gasteiger partial charge in [0.25, 0.3) is 5.56 Å². The molecule has 1 aliphatic rings. The minimum absolute atomic E-state index is 0.0229. The maximum absolute atomic E-state index is 12.0. The largest absolute Gasteiger partial charge is 0.490 e. The van der Waals surface area contributed by atoms with Gasteiger partial charge in [0.05, 0.1) is 12.9 Å². The molecule has 3 heterocycles. The van der Waals surface area contributed by atoms with Crippen molar-refractivity contribution in [3.05, 3.63) is 22.5 Å². The summed E-state index contributed by atoms with van der Waals surface area (Å²) < 4.78 is 57.8. The number of aromatic amines is 1. The second kappa shape index (κ2) is 9.36. The van der Waals surface area contributed by atoms with Gasteiger partial charge in [0.1, 0.15) is 24.1 Å². The number of methoxy groups -OCH3 is 1. The van der Waals surface area contributed by atoms with Crippen molar-refractivity contribution in [2.24, 2.45) is 0 Å². The molecule has 21 heteroatoms. The zero-order chi connectivity index (χ0) is 24.8. The number of fused-ring (bicyclic) bond motifs is 1. The van der Waals surface area contributed by atoms with Crippen LogP contribution in [0.4, 0.5) is 0 Å². The van der Waals surface area contributed by atoms with E-state index in [9.17, 15) is 33.4 Å². The van der Waals surface area contributed by atoms with Crippen molar-refractivity contribution in [3.63, 3.8) is 0 Å². The molecule has 6 atom stereocenters. The summed E-state index contributed by atoms with van der Waals surface area (Å²) in [5.41, 5.74) is -0.442. The normalized spacial score (nSPS) is 27.5. The molecule has 0 aromatic carbocycles. The van der Waals surface area contributed by atoms with Crippen molar-refractivity contribution in [1.82, 2.24) is 19.5 Å². The van der Waals surface area contributed by atoms with Crippen LogP contribution in [0.15, 0.2) is 11.1 Å². The van der Waals surface area contributed by atoms with Crippen LogP contribution < -0.4 is 5.56 Å². The molecule has 0 amide bonds. The molecule has 1 fully saturated rings. The molecule has 1 aliphatic heterocycles. The number of aliphatic hydroxyl groups excluding tert-OH is 1. The number of imidazole rings is 1. The summed E-state index contributed by atoms with van der Waals surface area (Å²) in [7, 11) is -15.4. The lowest BCUT2D eigenvalue weighted by molar-refractivity contribution is -0.0577. The van der Waals surface area contributed by atoms with Crippen molar-refractivity contribution in [2.45, 2.75) is 31.5 Å². The Kier molecular flexibility index (Phi) is 7.44. The lowest BCUT2D eigenvalue weighted by Gasteiger charge is -2.19. The predicted molar refractivity (Wildman–Crippen MR) is 103 cm³/mol. The summed E-state index contributed by atoms with van der Waals surface area (Å²) in [6.07, 6.45) is -3.87. The molecule has 2 aromatic rings. The Bertz CT molecular complexity index is 1220. The number of aromatic nitrogens is 4. The minimum Gasteiger partial charge on any atom is -0.387 e. The van der Waals surface area contributed by atoms with Gasteiger partial charge in [-0.2, -0.15) is 8.62 Å². The van der Waals surface area contributed by atoms with E-state index in [1.165, 1.54) is 24.9 Å². The third kappa shape index (κ3) is 6.21. The Morgan fingerprint density at radius 3 is 2.45 bits per heavy atom. The summed E-state index contributed by atoms with van der Waals surface area (Å²) in [5, 5.41) is 10.5. The Hall–Kier alpha value is -1.36. The van der Waals surface area contributed by atoms with E-state index in [1.807, 2.05) is 0 Å². The monoisotopic (exact) mass is 536 g/mol. The van der Waals surface area contributed by atoms with Gasteiger partial charge < -0.3 is 39.1 Å². The number of hydrogen-bond acceptors (Lipinski definition) is 12. The van der Waals surface area contributed by atoms with Crippen molar-refractivity contribution in [1.29, 1.82) is 0 Å². The first kappa shape index (κ1) is 26.2. The fraction of sp³-hybridized carbons (Fsp3) is 0.583. The Morgan fingerprint density at radius 1 is 1.18 bits per heavy atom. The van der Waals surface area contributed by atoms with E-state index in [4.69, 9.17) is 19.3 Å². The standard InChI is InChI=1S/C12H19N4O14P3/c1-5-14-10-7(11(18)15-5)13-4-16(10)12-9(26-2)8(17)6(28-12)3-27-32(22,23)30-33(24,25)29-31(19,20)21/h4,6,8-9,12,17H,3H2,1-2H3,(H,22,23)(H,24,25)(H,14,15,18)(H2,19,20,21)/t6-,8+,9?,12-/m1/s1. The van der Waals surface area contributed by atoms with Gasteiger partial charge in [-0.15, -0.1) is 0 Å². The molecular weight excluding hydrogens is 517 g/mol. The van der Waals surface area contributed by atoms with Gasteiger partial charge in [0.15, 0.2) is 17.4 Å². The van der Waals surface area contributed by atoms with Crippen LogP contribution in [0.1, 0.15) is 12.1 Å². The van der Waals surface area contributed by atoms with Crippen LogP contribution in [0.3, 0.4) is 0 Å². The molecule has 0 radical (unpaired) electrons. The maximum atomic E-state index is 12.0. The molecule has 6 N–H and O–H groups in total. The lowest BCUT2D eigenvalue weighted by atomic mass is 10.1. The molecule has 1 saturated heterocycles. The number of ether oxygens (including phenoxy) is 2. The molecule has 33 heavy (non-hydrogen) atoms. The van der Waals surface area contributed by atoms with Crippen molar-refractivity contribution >= 4 is 34.6 Å². The first-order valence-electron chi connectivity index (χ1n) is 8.70. The van der Waals surface area contributed by atoms with Gasteiger partial charge in [-0.3, -0.25) is 13.9 Å². The minimum atomic E-state index is -5.70. The van der Waals surface area contributed by atoms with Gasteiger partial charge >= 0.3 is 23.5 Å². The zero-order valence-corrected chi connectivity index (χ0v) is 19.4. The maximum Gasteiger partial charge on any atom is 0.490 e. The number of nitrogens with one attached hydrogen (secondary N) is 1. The van der Waals surface area contributed by atoms with Crippen LogP contribution in [0, 0.1) is 6.92 Å². The van der Waals surface area contributed by atoms with Gasteiger partial charge in [-0.1, -0.05) is 0 Å². The molecule has 3 unspecified atom stereocenters. The Morgan fingerprint density at radius 2 is 1.85 bits per heavy atom. The molecule has 0 bridgehead atoms. The first-order valence-corrected chi connectivity index (χ1v) is 13.2. The topological polar surface area (TPSA) is 262 Å². The van der Waals surface area contributed by atoms with Crippen LogP contribution >= 0.6 is 23.5 Å². The zero-order valence-electron chi connectivity index (χ0n) is 16.7. The lowest BCUT2D eigenvalue weighted by Crippen LogP contribution is -2.35. The third-order valence-electron chi connectivity index (χ3n) is 4.23. The van der Waals surface area contributed by atoms with Crippen LogP contribution in [-0.4, -0.2) is 76.2 Å². The highest BCUT2D eigenvalue weighted by atomic mass is 31.3. The smallest absolute Gasteiger partial charge is 0.387 e. The quantitative estimate of drug-likeness (QED) is 0.211. The van der Waals surface area contributed by atoms with Gasteiger partial charge in [0, 0.05) is 7.11 Å². The second-order valence-corrected chi connectivity index (χ2v) is 11.0. The number of hydrogen-bond donors (Lipinski definition) is 6. The molecule has 2 aromatic heterocycles. The number of aliphatic hydroxyl groups is 1. The van der Waals surface area contributed by atoms with Crippen LogP contribution in [-0.2, 0) is 36.3 Å². The van der Waals surface area contributed by atoms with E-state index >= 15 is 0 Å². The molecule has 0 saturated carbocycles. The molecule has 0 spiro atoms. The van der Waals surface area contributed by atoms with E-state index in [2.05, 4.69) is 28.1 Å². The Labute approximate surface area is 183 Å². The number of nitrogens with zero attached hydrogens (tertiary/aromatic N) is 3. The van der Waals surface area contributed by atoms with Gasteiger partial charge in [0.2, 0.25) is 0 Å². The highest BCUT2D eigenvalue weighted by molar-refractivity contribution is 7.66. The number of phosphoric acid groups is 3. The van der Waals surface area contributed by atoms with Gasteiger partial charge in [-0.25, -0.2) is 23.7 Å². The van der Waals surface area contributed by atoms with E-state index in [-0.39, 0.29) is 17.0 Å². The van der Waals surface area contributed by atoms with E-state index in [0.717, 1.165) is 0 Å². The number of H-pyrrole nitrogens is 1. The van der Waals surface area contributed by atoms with E-state index in [0.29, 0.717) is 0 Å². The SMILES string of the molecule is COC1[C@@H](O)[C@@H](COP(=O)(O)OP(=O)(O)OP(=O)(O)O)O[C@H]1n1cnc2c(=O)[nH]c(C)nc21. The summed E-state index contributed by atoms with van der Waals surface area (Å²) in [6, 6.07) is 0. The molecule has 3 rings (SSSR count). The van der Waals surface area contributed by atoms with E-state index in [1.54, 1.807) is 0 Å². The number of phosphoric ester groups is 1. The highest BCUT2D eigenvalue weighted by Gasteiger charge is 2.48. The average molecular weight is 536 g/mol. The van der Waals surface area contributed by atoms with Crippen molar-refractivity contribution in [3.8, 4) is 0 Å². The second-order valence-electron chi connectivity index (χ2n) is 6.62. The van der Waals surface area contributed by atoms with Crippen LogP contribution in [0.2, 0.25) is 0 Å². The van der Waals surface area contributed by atoms with Crippen molar-refractivity contribution in [2.75, 3.05) is 13.7 Å². The number of aryl methyl sites for hydroxylation is 1. The average Bonchev–Trinajstić information content (AvgIpc) is 3.17.